The van der Waals surface area contributed by atoms with Gasteiger partial charge in [0, 0.05) is 12.2 Å². The van der Waals surface area contributed by atoms with Crippen LogP contribution in [-0.2, 0) is 10.0 Å². The average molecular weight is 420 g/mol. The number of likely N-dealkylation sites (tertiary alicyclic amines) is 1. The average Bonchev–Trinajstić information content (AvgIpc) is 3.08. The Hall–Kier alpha value is -2.16. The molecule has 0 atom stereocenters. The molecule has 0 bridgehead atoms. The lowest BCUT2D eigenvalue weighted by Crippen LogP contribution is -2.36. The summed E-state index contributed by atoms with van der Waals surface area (Å²) < 4.78 is 27.4. The molecule has 1 N–H and O–H groups in total. The van der Waals surface area contributed by atoms with E-state index in [1.54, 1.807) is 30.3 Å². The van der Waals surface area contributed by atoms with Crippen molar-refractivity contribution in [1.82, 2.24) is 18.8 Å². The third-order valence-corrected chi connectivity index (χ3v) is 6.97. The topological polar surface area (TPSA) is 80.1 Å². The van der Waals surface area contributed by atoms with Gasteiger partial charge in [0.25, 0.3) is 10.0 Å². The molecule has 0 amide bonds. The summed E-state index contributed by atoms with van der Waals surface area (Å²) in [4.78, 5) is 11.0. The predicted octanol–water partition coefficient (Wildman–Crippen LogP) is 3.14. The van der Waals surface area contributed by atoms with Crippen molar-refractivity contribution < 1.29 is 8.42 Å². The van der Waals surface area contributed by atoms with Crippen LogP contribution >= 0.6 is 11.6 Å². The van der Waals surface area contributed by atoms with Gasteiger partial charge in [-0.05, 0) is 69.7 Å². The first-order valence-electron chi connectivity index (χ1n) is 9.16. The van der Waals surface area contributed by atoms with Crippen molar-refractivity contribution in [3.05, 3.63) is 47.4 Å². The maximum absolute atomic E-state index is 13.1. The molecule has 2 aromatic heterocycles. The van der Waals surface area contributed by atoms with E-state index < -0.39 is 10.0 Å². The van der Waals surface area contributed by atoms with Crippen LogP contribution in [0.5, 0.6) is 0 Å². The number of piperidine rings is 1. The van der Waals surface area contributed by atoms with E-state index in [2.05, 4.69) is 27.2 Å². The number of aromatic nitrogens is 3. The van der Waals surface area contributed by atoms with Gasteiger partial charge in [-0.1, -0.05) is 17.7 Å². The second-order valence-electron chi connectivity index (χ2n) is 7.23. The highest BCUT2D eigenvalue weighted by atomic mass is 35.5. The van der Waals surface area contributed by atoms with Crippen LogP contribution in [0.15, 0.2) is 41.4 Å². The van der Waals surface area contributed by atoms with Gasteiger partial charge in [0.15, 0.2) is 5.65 Å². The minimum atomic E-state index is -3.78. The standard InChI is InChI=1S/C19H22ClN5O2S/c1-13-3-5-15(6-4-13)28(26,27)25-12-9-16-17(22-19(20)23-18(16)25)21-14-7-10-24(2)11-8-14/h3-6,9,12,14H,7-8,10-11H2,1-2H3,(H,21,22,23). The molecular formula is C19H22ClN5O2S. The molecule has 1 aromatic carbocycles. The quantitative estimate of drug-likeness (QED) is 0.654. The van der Waals surface area contributed by atoms with Gasteiger partial charge in [0.2, 0.25) is 5.28 Å². The molecule has 0 spiro atoms. The lowest BCUT2D eigenvalue weighted by Gasteiger charge is -2.29. The molecule has 148 valence electrons. The predicted molar refractivity (Wildman–Crippen MR) is 110 cm³/mol. The highest BCUT2D eigenvalue weighted by Crippen LogP contribution is 2.28. The zero-order valence-corrected chi connectivity index (χ0v) is 17.3. The zero-order chi connectivity index (χ0) is 19.9. The third kappa shape index (κ3) is 3.59. The fraction of sp³-hybridized carbons (Fsp3) is 0.368. The third-order valence-electron chi connectivity index (χ3n) is 5.12. The first kappa shape index (κ1) is 19.2. The molecule has 3 heterocycles. The highest BCUT2D eigenvalue weighted by Gasteiger charge is 2.23. The van der Waals surface area contributed by atoms with E-state index in [-0.39, 0.29) is 21.9 Å². The molecule has 3 aromatic rings. The van der Waals surface area contributed by atoms with E-state index in [4.69, 9.17) is 11.6 Å². The summed E-state index contributed by atoms with van der Waals surface area (Å²) in [5.74, 6) is 0.572. The van der Waals surface area contributed by atoms with Crippen LogP contribution in [0.2, 0.25) is 5.28 Å². The molecule has 1 aliphatic rings. The smallest absolute Gasteiger partial charge is 0.269 e. The van der Waals surface area contributed by atoms with Crippen LogP contribution in [0.3, 0.4) is 0 Å². The van der Waals surface area contributed by atoms with E-state index in [0.717, 1.165) is 31.5 Å². The summed E-state index contributed by atoms with van der Waals surface area (Å²) in [5.41, 5.74) is 1.27. The monoisotopic (exact) mass is 419 g/mol. The van der Waals surface area contributed by atoms with Crippen molar-refractivity contribution in [2.45, 2.75) is 30.7 Å². The van der Waals surface area contributed by atoms with Crippen LogP contribution in [0.25, 0.3) is 11.0 Å². The summed E-state index contributed by atoms with van der Waals surface area (Å²) in [6, 6.07) is 8.71. The van der Waals surface area contributed by atoms with Crippen molar-refractivity contribution in [2.75, 3.05) is 25.5 Å². The number of aryl methyl sites for hydroxylation is 1. The Morgan fingerprint density at radius 3 is 2.46 bits per heavy atom. The number of benzene rings is 1. The molecule has 0 radical (unpaired) electrons. The van der Waals surface area contributed by atoms with Gasteiger partial charge in [-0.3, -0.25) is 0 Å². The van der Waals surface area contributed by atoms with Crippen molar-refractivity contribution in [3.8, 4) is 0 Å². The number of rotatable bonds is 4. The summed E-state index contributed by atoms with van der Waals surface area (Å²) >= 11 is 6.13. The SMILES string of the molecule is Cc1ccc(S(=O)(=O)n2ccc3c(NC4CCN(C)CC4)nc(Cl)nc32)cc1. The molecule has 28 heavy (non-hydrogen) atoms. The van der Waals surface area contributed by atoms with Gasteiger partial charge in [-0.2, -0.15) is 4.98 Å². The molecule has 0 unspecified atom stereocenters. The normalized spacial score (nSPS) is 16.5. The minimum absolute atomic E-state index is 0.0157. The summed E-state index contributed by atoms with van der Waals surface area (Å²) in [5, 5.41) is 4.08. The number of halogens is 1. The van der Waals surface area contributed by atoms with Gasteiger partial charge in [0.05, 0.1) is 10.3 Å². The Balaban J connectivity index is 1.74. The molecule has 9 heteroatoms. The Labute approximate surface area is 169 Å². The summed E-state index contributed by atoms with van der Waals surface area (Å²) in [6.07, 6.45) is 3.48. The molecule has 0 aliphatic carbocycles. The van der Waals surface area contributed by atoms with Crippen LogP contribution in [0, 0.1) is 6.92 Å². The van der Waals surface area contributed by atoms with Gasteiger partial charge in [-0.15, -0.1) is 0 Å². The molecule has 1 saturated heterocycles. The first-order chi connectivity index (χ1) is 13.3. The first-order valence-corrected chi connectivity index (χ1v) is 11.0. The Kier molecular flexibility index (Phi) is 5.03. The van der Waals surface area contributed by atoms with Crippen LogP contribution < -0.4 is 5.32 Å². The number of hydrogen-bond acceptors (Lipinski definition) is 6. The Morgan fingerprint density at radius 1 is 1.11 bits per heavy atom. The van der Waals surface area contributed by atoms with E-state index in [0.29, 0.717) is 11.2 Å². The minimum Gasteiger partial charge on any atom is -0.367 e. The Morgan fingerprint density at radius 2 is 1.79 bits per heavy atom. The number of nitrogens with one attached hydrogen (secondary N) is 1. The van der Waals surface area contributed by atoms with Crippen LogP contribution in [0.4, 0.5) is 5.82 Å². The second-order valence-corrected chi connectivity index (χ2v) is 9.38. The van der Waals surface area contributed by atoms with Crippen LogP contribution in [-0.4, -0.2) is 53.4 Å². The van der Waals surface area contributed by atoms with E-state index in [1.807, 2.05) is 6.92 Å². The lowest BCUT2D eigenvalue weighted by molar-refractivity contribution is 0.264. The van der Waals surface area contributed by atoms with E-state index >= 15 is 0 Å². The highest BCUT2D eigenvalue weighted by molar-refractivity contribution is 7.90. The maximum atomic E-state index is 13.1. The number of hydrogen-bond donors (Lipinski definition) is 1. The molecule has 1 fully saturated rings. The van der Waals surface area contributed by atoms with Gasteiger partial charge in [-0.25, -0.2) is 17.4 Å². The molecule has 0 saturated carbocycles. The molecule has 4 rings (SSSR count). The number of fused-ring (bicyclic) bond motifs is 1. The molecular weight excluding hydrogens is 398 g/mol. The van der Waals surface area contributed by atoms with Gasteiger partial charge >= 0.3 is 0 Å². The van der Waals surface area contributed by atoms with Crippen LogP contribution in [0.1, 0.15) is 18.4 Å². The Bertz CT molecular complexity index is 1100. The van der Waals surface area contributed by atoms with Crippen molar-refractivity contribution in [3.63, 3.8) is 0 Å². The number of nitrogens with zero attached hydrogens (tertiary/aromatic N) is 4. The van der Waals surface area contributed by atoms with E-state index in [9.17, 15) is 8.42 Å². The van der Waals surface area contributed by atoms with Crippen molar-refractivity contribution in [2.24, 2.45) is 0 Å². The molecule has 7 nitrogen and oxygen atoms in total. The van der Waals surface area contributed by atoms with Crippen molar-refractivity contribution >= 4 is 38.5 Å². The van der Waals surface area contributed by atoms with E-state index in [1.165, 1.54) is 10.2 Å². The lowest BCUT2D eigenvalue weighted by atomic mass is 10.1. The maximum Gasteiger partial charge on any atom is 0.269 e. The molecule has 1 aliphatic heterocycles. The van der Waals surface area contributed by atoms with Crippen molar-refractivity contribution in [1.29, 1.82) is 0 Å². The number of anilines is 1. The van der Waals surface area contributed by atoms with Gasteiger partial charge in [0.1, 0.15) is 5.82 Å². The second kappa shape index (κ2) is 7.35. The summed E-state index contributed by atoms with van der Waals surface area (Å²) in [7, 11) is -1.68. The zero-order valence-electron chi connectivity index (χ0n) is 15.8. The fourth-order valence-electron chi connectivity index (χ4n) is 3.44. The fourth-order valence-corrected chi connectivity index (χ4v) is 4.90. The summed E-state index contributed by atoms with van der Waals surface area (Å²) in [6.45, 7) is 3.92. The van der Waals surface area contributed by atoms with Gasteiger partial charge < -0.3 is 10.2 Å². The largest absolute Gasteiger partial charge is 0.367 e.